The molecule has 2 unspecified atom stereocenters. The predicted molar refractivity (Wildman–Crippen MR) is 62.5 cm³/mol. The Hall–Kier alpha value is -1.38. The van der Waals surface area contributed by atoms with Crippen LogP contribution in [0.5, 0.6) is 11.5 Å². The summed E-state index contributed by atoms with van der Waals surface area (Å²) in [4.78, 5) is 0. The van der Waals surface area contributed by atoms with Crippen LogP contribution in [-0.2, 0) is 4.74 Å². The van der Waals surface area contributed by atoms with Crippen molar-refractivity contribution >= 4 is 0 Å². The third-order valence-electron chi connectivity index (χ3n) is 2.80. The third kappa shape index (κ3) is 2.96. The van der Waals surface area contributed by atoms with Crippen LogP contribution in [0.25, 0.3) is 0 Å². The number of rotatable bonds is 3. The van der Waals surface area contributed by atoms with Gasteiger partial charge in [0, 0.05) is 0 Å². The second-order valence-electron chi connectivity index (χ2n) is 4.14. The van der Waals surface area contributed by atoms with Gasteiger partial charge >= 0.3 is 0 Å². The lowest BCUT2D eigenvalue weighted by Gasteiger charge is -2.39. The minimum Gasteiger partial charge on any atom is -0.508 e. The maximum Gasteiger partial charge on any atom is 0.229 e. The number of ether oxygens (including phenoxy) is 2. The Labute approximate surface area is 112 Å². The minimum absolute atomic E-state index is 0.0351. The van der Waals surface area contributed by atoms with Gasteiger partial charge in [-0.3, -0.25) is 0 Å². The fourth-order valence-electron chi connectivity index (χ4n) is 1.73. The Kier molecular flexibility index (Phi) is 3.45. The first-order valence-corrected chi connectivity index (χ1v) is 5.62. The average Bonchev–Trinajstić information content (AvgIpc) is 2.45. The zero-order chi connectivity index (χ0) is 15.7. The van der Waals surface area contributed by atoms with Crippen molar-refractivity contribution in [3.63, 3.8) is 0 Å². The number of benzene rings is 1. The zero-order valence-corrected chi connectivity index (χ0v) is 9.80. The van der Waals surface area contributed by atoms with Crippen molar-refractivity contribution in [2.75, 3.05) is 6.61 Å². The van der Waals surface area contributed by atoms with E-state index in [0.29, 0.717) is 0 Å². The van der Waals surface area contributed by atoms with E-state index in [-0.39, 0.29) is 17.8 Å². The molecule has 0 aliphatic carbocycles. The maximum absolute atomic E-state index is 9.79. The van der Waals surface area contributed by atoms with Crippen molar-refractivity contribution in [1.82, 2.24) is 0 Å². The van der Waals surface area contributed by atoms with Crippen LogP contribution in [0.4, 0.5) is 0 Å². The van der Waals surface area contributed by atoms with Gasteiger partial charge in [-0.15, -0.1) is 0 Å². The van der Waals surface area contributed by atoms with Gasteiger partial charge in [0.2, 0.25) is 6.29 Å². The van der Waals surface area contributed by atoms with Crippen molar-refractivity contribution in [2.45, 2.75) is 30.7 Å². The van der Waals surface area contributed by atoms with E-state index in [1.807, 2.05) is 0 Å². The molecule has 1 aliphatic rings. The molecule has 1 heterocycles. The smallest absolute Gasteiger partial charge is 0.229 e. The lowest BCUT2D eigenvalue weighted by atomic mass is 9.99. The molecule has 19 heavy (non-hydrogen) atoms. The van der Waals surface area contributed by atoms with Crippen LogP contribution in [-0.4, -0.2) is 62.8 Å². The molecule has 2 rings (SSSR count). The van der Waals surface area contributed by atoms with Crippen LogP contribution in [0.2, 0.25) is 0 Å². The molecule has 1 aliphatic heterocycles. The van der Waals surface area contributed by atoms with E-state index in [9.17, 15) is 20.4 Å². The molecule has 0 aromatic heterocycles. The number of phenols is 1. The van der Waals surface area contributed by atoms with E-state index < -0.39 is 43.1 Å². The molecule has 0 bridgehead atoms. The Balaban J connectivity index is 2.18. The molecule has 7 heteroatoms. The summed E-state index contributed by atoms with van der Waals surface area (Å²) in [5.74, 6) is -0.553. The summed E-state index contributed by atoms with van der Waals surface area (Å²) in [5.41, 5.74) is 0. The first-order chi connectivity index (χ1) is 9.85. The molecule has 1 saturated heterocycles. The largest absolute Gasteiger partial charge is 0.508 e. The van der Waals surface area contributed by atoms with Gasteiger partial charge in [-0.05, 0) is 24.2 Å². The van der Waals surface area contributed by atoms with Gasteiger partial charge in [0.15, 0.2) is 0 Å². The zero-order valence-electron chi connectivity index (χ0n) is 11.8. The molecular weight excluding hydrogens is 256 g/mol. The highest BCUT2D eigenvalue weighted by Crippen LogP contribution is 2.25. The van der Waals surface area contributed by atoms with Gasteiger partial charge in [0.25, 0.3) is 0 Å². The van der Waals surface area contributed by atoms with Crippen LogP contribution in [0.15, 0.2) is 24.2 Å². The number of aliphatic hydroxyl groups excluding tert-OH is 4. The van der Waals surface area contributed by atoms with E-state index in [1.165, 1.54) is 0 Å². The highest BCUT2D eigenvalue weighted by atomic mass is 16.7. The van der Waals surface area contributed by atoms with Crippen LogP contribution in [0.1, 0.15) is 2.74 Å². The molecular formula is C12H16O7. The number of phenolic OH excluding ortho intramolecular Hbond substituents is 1. The fraction of sp³-hybridized carbons (Fsp3) is 0.500. The Morgan fingerprint density at radius 1 is 1.16 bits per heavy atom. The average molecular weight is 274 g/mol. The molecule has 5 N–H and O–H groups in total. The maximum atomic E-state index is 9.79. The van der Waals surface area contributed by atoms with Crippen molar-refractivity contribution in [3.05, 3.63) is 24.2 Å². The summed E-state index contributed by atoms with van der Waals surface area (Å²) in [5, 5.41) is 47.4. The highest BCUT2D eigenvalue weighted by molar-refractivity contribution is 5.30. The van der Waals surface area contributed by atoms with E-state index in [4.69, 9.17) is 17.3 Å². The standard InChI is InChI=1S/C12H16O7/c13-5-8-9(15)10(16)11(17)12(19-8)18-7-3-1-6(14)2-4-7/h1-4,8-17H,5H2/t8?,9-,10+,11?,12-/m1/s1/i1D,2D. The molecule has 1 aromatic carbocycles. The van der Waals surface area contributed by atoms with Gasteiger partial charge in [0.05, 0.1) is 9.35 Å². The van der Waals surface area contributed by atoms with Crippen LogP contribution >= 0.6 is 0 Å². The summed E-state index contributed by atoms with van der Waals surface area (Å²) in [6, 6.07) is 1.52. The Bertz CT molecular complexity index is 487. The molecule has 5 atom stereocenters. The summed E-state index contributed by atoms with van der Waals surface area (Å²) < 4.78 is 25.2. The minimum atomic E-state index is -1.58. The molecule has 1 aromatic rings. The van der Waals surface area contributed by atoms with Gasteiger partial charge < -0.3 is 35.0 Å². The quantitative estimate of drug-likeness (QED) is 0.458. The molecule has 7 nitrogen and oxygen atoms in total. The summed E-state index contributed by atoms with van der Waals surface area (Å²) in [7, 11) is 0. The van der Waals surface area contributed by atoms with Crippen LogP contribution in [0.3, 0.4) is 0 Å². The fourth-order valence-corrected chi connectivity index (χ4v) is 1.73. The van der Waals surface area contributed by atoms with E-state index >= 15 is 0 Å². The van der Waals surface area contributed by atoms with Crippen LogP contribution in [0, 0.1) is 0 Å². The first kappa shape index (κ1) is 11.4. The second-order valence-corrected chi connectivity index (χ2v) is 4.14. The van der Waals surface area contributed by atoms with Crippen molar-refractivity contribution in [1.29, 1.82) is 0 Å². The topological polar surface area (TPSA) is 120 Å². The molecule has 106 valence electrons. The first-order valence-electron chi connectivity index (χ1n) is 6.62. The molecule has 0 radical (unpaired) electrons. The molecule has 0 saturated carbocycles. The molecule has 1 fully saturated rings. The normalized spacial score (nSPS) is 36.5. The lowest BCUT2D eigenvalue weighted by molar-refractivity contribution is -0.277. The number of hydrogen-bond donors (Lipinski definition) is 5. The van der Waals surface area contributed by atoms with Gasteiger partial charge in [0.1, 0.15) is 35.9 Å². The Morgan fingerprint density at radius 3 is 2.37 bits per heavy atom. The summed E-state index contributed by atoms with van der Waals surface area (Å²) in [6.45, 7) is -0.590. The van der Waals surface area contributed by atoms with E-state index in [1.54, 1.807) is 0 Å². The van der Waals surface area contributed by atoms with Crippen LogP contribution < -0.4 is 4.74 Å². The molecule has 0 spiro atoms. The van der Waals surface area contributed by atoms with Crippen molar-refractivity contribution in [2.24, 2.45) is 0 Å². The van der Waals surface area contributed by atoms with Gasteiger partial charge in [-0.25, -0.2) is 0 Å². The highest BCUT2D eigenvalue weighted by Gasteiger charge is 2.44. The lowest BCUT2D eigenvalue weighted by Crippen LogP contribution is -2.60. The monoisotopic (exact) mass is 274 g/mol. The van der Waals surface area contributed by atoms with Gasteiger partial charge in [-0.1, -0.05) is 0 Å². The predicted octanol–water partition coefficient (Wildman–Crippen LogP) is -1.43. The summed E-state index contributed by atoms with van der Waals surface area (Å²) >= 11 is 0. The SMILES string of the molecule is [2H]c1cc(O[C@@H]2OC(CO)[C@@H](O)[C@H](O)C2O)cc([2H])c1O. The van der Waals surface area contributed by atoms with Crippen molar-refractivity contribution in [3.8, 4) is 11.5 Å². The number of aromatic hydroxyl groups is 1. The second kappa shape index (κ2) is 5.72. The number of hydrogen-bond acceptors (Lipinski definition) is 7. The van der Waals surface area contributed by atoms with E-state index in [2.05, 4.69) is 0 Å². The number of aliphatic hydroxyl groups is 4. The van der Waals surface area contributed by atoms with Crippen molar-refractivity contribution < 1.29 is 37.7 Å². The van der Waals surface area contributed by atoms with E-state index in [0.717, 1.165) is 12.1 Å². The third-order valence-corrected chi connectivity index (χ3v) is 2.80. The Morgan fingerprint density at radius 2 is 1.79 bits per heavy atom. The molecule has 0 amide bonds. The summed E-state index contributed by atoms with van der Waals surface area (Å²) in [6.07, 6.45) is -7.17. The van der Waals surface area contributed by atoms with Gasteiger partial charge in [-0.2, -0.15) is 0 Å².